The first-order valence-corrected chi connectivity index (χ1v) is 18.3. The topological polar surface area (TPSA) is 15.3 Å². The molecule has 10 rings (SSSR count). The molecule has 232 valence electrons. The molecule has 0 saturated heterocycles. The van der Waals surface area contributed by atoms with Crippen molar-refractivity contribution >= 4 is 87.6 Å². The van der Waals surface area contributed by atoms with Gasteiger partial charge in [0.2, 0.25) is 0 Å². The van der Waals surface area contributed by atoms with Crippen molar-refractivity contribution in [2.24, 2.45) is 0 Å². The summed E-state index contributed by atoms with van der Waals surface area (Å²) in [5.41, 5.74) is 8.41. The van der Waals surface area contributed by atoms with Gasteiger partial charge in [-0.15, -0.1) is 11.3 Å². The molecule has 2 nitrogen and oxygen atoms in total. The van der Waals surface area contributed by atoms with Crippen molar-refractivity contribution in [3.63, 3.8) is 0 Å². The van der Waals surface area contributed by atoms with E-state index >= 15 is 0 Å². The maximum absolute atomic E-state index is 3.90. The van der Waals surface area contributed by atoms with Crippen molar-refractivity contribution in [2.45, 2.75) is 10.3 Å². The first kappa shape index (κ1) is 28.5. The van der Waals surface area contributed by atoms with E-state index in [0.717, 1.165) is 17.1 Å². The average Bonchev–Trinajstić information content (AvgIpc) is 3.78. The highest BCUT2D eigenvalue weighted by atomic mass is 32.2. The van der Waals surface area contributed by atoms with Crippen LogP contribution >= 0.6 is 23.1 Å². The Morgan fingerprint density at radius 1 is 0.510 bits per heavy atom. The molecule has 49 heavy (non-hydrogen) atoms. The molecule has 1 aliphatic heterocycles. The summed E-state index contributed by atoms with van der Waals surface area (Å²) in [6, 6.07) is 61.9. The second kappa shape index (κ2) is 11.6. The van der Waals surface area contributed by atoms with Crippen LogP contribution in [0.25, 0.3) is 52.8 Å². The third kappa shape index (κ3) is 4.71. The van der Waals surface area contributed by atoms with Gasteiger partial charge in [-0.25, -0.2) is 0 Å². The van der Waals surface area contributed by atoms with Gasteiger partial charge in [0, 0.05) is 47.2 Å². The van der Waals surface area contributed by atoms with Crippen LogP contribution in [0.5, 0.6) is 0 Å². The van der Waals surface area contributed by atoms with Gasteiger partial charge in [0.1, 0.15) is 5.37 Å². The summed E-state index contributed by atoms with van der Waals surface area (Å²) in [7, 11) is 0. The summed E-state index contributed by atoms with van der Waals surface area (Å²) < 4.78 is 2.64. The predicted octanol–water partition coefficient (Wildman–Crippen LogP) is 13.7. The van der Waals surface area contributed by atoms with Crippen LogP contribution in [0.4, 0.5) is 22.7 Å². The van der Waals surface area contributed by atoms with Crippen LogP contribution in [-0.4, -0.2) is 0 Å². The number of nitrogens with zero attached hydrogens (tertiary/aromatic N) is 1. The lowest BCUT2D eigenvalue weighted by Gasteiger charge is -2.27. The van der Waals surface area contributed by atoms with Gasteiger partial charge in [0.15, 0.2) is 0 Å². The van der Waals surface area contributed by atoms with Crippen LogP contribution in [0.3, 0.4) is 0 Å². The minimum Gasteiger partial charge on any atom is -0.368 e. The molecular weight excluding hydrogens is 633 g/mol. The van der Waals surface area contributed by atoms with E-state index in [9.17, 15) is 0 Å². The van der Waals surface area contributed by atoms with E-state index in [-0.39, 0.29) is 5.37 Å². The number of rotatable bonds is 5. The quantitative estimate of drug-likeness (QED) is 0.185. The standard InChI is InChI=1S/C45H30N2S2/c1-3-12-30(13-4-1)45-46-44-41(49-45)27-25-29-24-26-35-36(42(29)44)20-10-21-38(35)47(32-15-5-2-6-16-32)33-17-9-14-31(28-33)34-19-11-23-40-43(34)37-18-7-8-22-39(37)48-40/h1-28,45-46H. The second-order valence-corrected chi connectivity index (χ2v) is 14.8. The minimum atomic E-state index is 0.189. The van der Waals surface area contributed by atoms with Crippen molar-refractivity contribution in [1.29, 1.82) is 0 Å². The summed E-state index contributed by atoms with van der Waals surface area (Å²) in [5.74, 6) is 0. The van der Waals surface area contributed by atoms with Crippen LogP contribution in [0.15, 0.2) is 175 Å². The zero-order valence-electron chi connectivity index (χ0n) is 26.5. The Bertz CT molecular complexity index is 2680. The summed E-state index contributed by atoms with van der Waals surface area (Å²) in [6.45, 7) is 0. The first-order chi connectivity index (χ1) is 24.3. The Labute approximate surface area is 293 Å². The zero-order valence-corrected chi connectivity index (χ0v) is 28.1. The van der Waals surface area contributed by atoms with Crippen molar-refractivity contribution in [2.75, 3.05) is 10.2 Å². The fraction of sp³-hybridized carbons (Fsp3) is 0.0222. The molecule has 1 aromatic heterocycles. The third-order valence-corrected chi connectivity index (χ3v) is 12.0. The fourth-order valence-electron chi connectivity index (χ4n) is 7.48. The molecule has 0 aliphatic carbocycles. The number of nitrogens with one attached hydrogen (secondary N) is 1. The molecule has 4 heteroatoms. The van der Waals surface area contributed by atoms with E-state index in [1.807, 2.05) is 23.1 Å². The van der Waals surface area contributed by atoms with Gasteiger partial charge in [0.25, 0.3) is 0 Å². The Morgan fingerprint density at radius 3 is 2.12 bits per heavy atom. The molecule has 0 bridgehead atoms. The number of benzene rings is 8. The molecule has 8 aromatic carbocycles. The van der Waals surface area contributed by atoms with E-state index in [4.69, 9.17) is 0 Å². The molecule has 0 saturated carbocycles. The Morgan fingerprint density at radius 2 is 1.22 bits per heavy atom. The largest absolute Gasteiger partial charge is 0.368 e. The van der Waals surface area contributed by atoms with Gasteiger partial charge in [-0.1, -0.05) is 133 Å². The molecule has 0 spiro atoms. The number of hydrogen-bond donors (Lipinski definition) is 1. The number of fused-ring (bicyclic) bond motifs is 8. The van der Waals surface area contributed by atoms with Gasteiger partial charge in [-0.05, 0) is 76.0 Å². The number of anilines is 4. The zero-order chi connectivity index (χ0) is 32.3. The van der Waals surface area contributed by atoms with Crippen molar-refractivity contribution in [3.8, 4) is 11.1 Å². The molecule has 2 heterocycles. The number of thioether (sulfide) groups is 1. The minimum absolute atomic E-state index is 0.189. The summed E-state index contributed by atoms with van der Waals surface area (Å²) >= 11 is 3.76. The molecule has 1 unspecified atom stereocenters. The Balaban J connectivity index is 1.16. The molecule has 1 aliphatic rings. The van der Waals surface area contributed by atoms with E-state index < -0.39 is 0 Å². The van der Waals surface area contributed by atoms with E-state index in [1.165, 1.54) is 69.0 Å². The van der Waals surface area contributed by atoms with Crippen LogP contribution in [0.2, 0.25) is 0 Å². The molecule has 1 atom stereocenters. The third-order valence-electron chi connectivity index (χ3n) is 9.68. The monoisotopic (exact) mass is 662 g/mol. The van der Waals surface area contributed by atoms with Crippen molar-refractivity contribution < 1.29 is 0 Å². The first-order valence-electron chi connectivity index (χ1n) is 16.6. The van der Waals surface area contributed by atoms with Crippen molar-refractivity contribution in [1.82, 2.24) is 0 Å². The second-order valence-electron chi connectivity index (χ2n) is 12.5. The van der Waals surface area contributed by atoms with Gasteiger partial charge < -0.3 is 10.2 Å². The van der Waals surface area contributed by atoms with Gasteiger partial charge in [0.05, 0.1) is 11.4 Å². The van der Waals surface area contributed by atoms with Crippen molar-refractivity contribution in [3.05, 3.63) is 175 Å². The normalized spacial score (nSPS) is 14.0. The molecule has 0 amide bonds. The number of thiophene rings is 1. The average molecular weight is 663 g/mol. The molecule has 0 fully saturated rings. The maximum Gasteiger partial charge on any atom is 0.103 e. The summed E-state index contributed by atoms with van der Waals surface area (Å²) in [5, 5.41) is 11.7. The highest BCUT2D eigenvalue weighted by Gasteiger charge is 2.26. The highest BCUT2D eigenvalue weighted by molar-refractivity contribution is 8.00. The van der Waals surface area contributed by atoms with Crippen LogP contribution < -0.4 is 10.2 Å². The lowest BCUT2D eigenvalue weighted by Crippen LogP contribution is -2.10. The Hall–Kier alpha value is -5.55. The SMILES string of the molecule is c1ccc(C2Nc3c(ccc4ccc5c(N(c6ccccc6)c6cccc(-c7cccc8sc9ccccc9c78)c6)cccc5c34)S2)cc1. The van der Waals surface area contributed by atoms with Crippen LogP contribution in [0, 0.1) is 0 Å². The molecule has 1 N–H and O–H groups in total. The smallest absolute Gasteiger partial charge is 0.103 e. The number of hydrogen-bond acceptors (Lipinski definition) is 4. The van der Waals surface area contributed by atoms with Crippen LogP contribution in [-0.2, 0) is 0 Å². The molecule has 0 radical (unpaired) electrons. The van der Waals surface area contributed by atoms with Gasteiger partial charge in [-0.3, -0.25) is 0 Å². The predicted molar refractivity (Wildman–Crippen MR) is 213 cm³/mol. The maximum atomic E-state index is 3.90. The lowest BCUT2D eigenvalue weighted by atomic mass is 9.97. The summed E-state index contributed by atoms with van der Waals surface area (Å²) in [6.07, 6.45) is 0. The molecule has 9 aromatic rings. The van der Waals surface area contributed by atoms with Gasteiger partial charge in [-0.2, -0.15) is 0 Å². The number of para-hydroxylation sites is 1. The van der Waals surface area contributed by atoms with Gasteiger partial charge >= 0.3 is 0 Å². The van der Waals surface area contributed by atoms with E-state index in [1.54, 1.807) is 0 Å². The summed E-state index contributed by atoms with van der Waals surface area (Å²) in [4.78, 5) is 3.71. The van der Waals surface area contributed by atoms with E-state index in [2.05, 4.69) is 180 Å². The molecular formula is C45H30N2S2. The van der Waals surface area contributed by atoms with Crippen LogP contribution in [0.1, 0.15) is 10.9 Å². The fourth-order valence-corrected chi connectivity index (χ4v) is 9.76. The highest BCUT2D eigenvalue weighted by Crippen LogP contribution is 2.52. The lowest BCUT2D eigenvalue weighted by molar-refractivity contribution is 1.14. The van der Waals surface area contributed by atoms with E-state index in [0.29, 0.717) is 0 Å². The Kier molecular flexibility index (Phi) is 6.71.